The molecular weight excluding hydrogens is 307 g/mol. The SMILES string of the molecule is CN(C)c1ccc(C(F)(F)F)cc1NC(=O)NC1CCCCC1. The summed E-state index contributed by atoms with van der Waals surface area (Å²) in [6.07, 6.45) is 0.682. The van der Waals surface area contributed by atoms with E-state index in [2.05, 4.69) is 10.6 Å². The van der Waals surface area contributed by atoms with E-state index in [1.54, 1.807) is 19.0 Å². The van der Waals surface area contributed by atoms with Gasteiger partial charge < -0.3 is 15.5 Å². The average molecular weight is 329 g/mol. The van der Waals surface area contributed by atoms with Gasteiger partial charge in [-0.05, 0) is 31.0 Å². The number of rotatable bonds is 3. The Labute approximate surface area is 134 Å². The summed E-state index contributed by atoms with van der Waals surface area (Å²) in [6.45, 7) is 0. The number of urea groups is 1. The fourth-order valence-corrected chi connectivity index (χ4v) is 2.79. The van der Waals surface area contributed by atoms with Gasteiger partial charge in [0.15, 0.2) is 0 Å². The fourth-order valence-electron chi connectivity index (χ4n) is 2.79. The van der Waals surface area contributed by atoms with E-state index in [1.807, 2.05) is 0 Å². The molecular formula is C16H22F3N3O. The summed E-state index contributed by atoms with van der Waals surface area (Å²) in [4.78, 5) is 13.8. The Morgan fingerprint density at radius 1 is 1.17 bits per heavy atom. The Morgan fingerprint density at radius 2 is 1.83 bits per heavy atom. The van der Waals surface area contributed by atoms with Gasteiger partial charge in [0.25, 0.3) is 0 Å². The maximum atomic E-state index is 12.9. The largest absolute Gasteiger partial charge is 0.416 e. The van der Waals surface area contributed by atoms with Crippen molar-refractivity contribution in [3.8, 4) is 0 Å². The predicted octanol–water partition coefficient (Wildman–Crippen LogP) is 4.23. The Balaban J connectivity index is 2.13. The van der Waals surface area contributed by atoms with Crippen LogP contribution >= 0.6 is 0 Å². The number of halogens is 3. The van der Waals surface area contributed by atoms with E-state index in [-0.39, 0.29) is 11.7 Å². The zero-order valence-corrected chi connectivity index (χ0v) is 13.3. The molecule has 2 amide bonds. The summed E-state index contributed by atoms with van der Waals surface area (Å²) in [6, 6.07) is 2.98. The lowest BCUT2D eigenvalue weighted by Crippen LogP contribution is -2.39. The number of alkyl halides is 3. The molecule has 2 N–H and O–H groups in total. The molecule has 1 fully saturated rings. The maximum absolute atomic E-state index is 12.9. The van der Waals surface area contributed by atoms with Crippen LogP contribution in [0.15, 0.2) is 18.2 Å². The van der Waals surface area contributed by atoms with Crippen LogP contribution in [-0.2, 0) is 6.18 Å². The highest BCUT2D eigenvalue weighted by atomic mass is 19.4. The maximum Gasteiger partial charge on any atom is 0.416 e. The molecule has 2 rings (SSSR count). The second-order valence-corrected chi connectivity index (χ2v) is 6.06. The zero-order chi connectivity index (χ0) is 17.0. The summed E-state index contributed by atoms with van der Waals surface area (Å²) in [7, 11) is 3.43. The molecule has 1 aliphatic rings. The first kappa shape index (κ1) is 17.4. The van der Waals surface area contributed by atoms with E-state index in [1.165, 1.54) is 6.07 Å². The van der Waals surface area contributed by atoms with Crippen LogP contribution in [0.2, 0.25) is 0 Å². The molecule has 1 aliphatic carbocycles. The summed E-state index contributed by atoms with van der Waals surface area (Å²) in [5.41, 5.74) is -0.106. The molecule has 0 saturated heterocycles. The monoisotopic (exact) mass is 329 g/mol. The number of benzene rings is 1. The van der Waals surface area contributed by atoms with Gasteiger partial charge in [0, 0.05) is 20.1 Å². The fraction of sp³-hybridized carbons (Fsp3) is 0.562. The lowest BCUT2D eigenvalue weighted by Gasteiger charge is -2.24. The first-order chi connectivity index (χ1) is 10.8. The molecule has 23 heavy (non-hydrogen) atoms. The van der Waals surface area contributed by atoms with Crippen molar-refractivity contribution in [3.05, 3.63) is 23.8 Å². The highest BCUT2D eigenvalue weighted by molar-refractivity contribution is 5.93. The van der Waals surface area contributed by atoms with E-state index in [0.717, 1.165) is 44.2 Å². The van der Waals surface area contributed by atoms with E-state index < -0.39 is 17.8 Å². The number of carbonyl (C=O) groups excluding carboxylic acids is 1. The molecule has 0 atom stereocenters. The lowest BCUT2D eigenvalue weighted by molar-refractivity contribution is -0.137. The second-order valence-electron chi connectivity index (χ2n) is 6.06. The molecule has 0 heterocycles. The molecule has 0 spiro atoms. The predicted molar refractivity (Wildman–Crippen MR) is 84.8 cm³/mol. The van der Waals surface area contributed by atoms with Gasteiger partial charge in [-0.25, -0.2) is 4.79 Å². The average Bonchev–Trinajstić information content (AvgIpc) is 2.46. The molecule has 1 aromatic carbocycles. The van der Waals surface area contributed by atoms with E-state index >= 15 is 0 Å². The van der Waals surface area contributed by atoms with Crippen LogP contribution in [-0.4, -0.2) is 26.2 Å². The minimum Gasteiger partial charge on any atom is -0.376 e. The van der Waals surface area contributed by atoms with Crippen LogP contribution in [0.3, 0.4) is 0 Å². The number of amides is 2. The Kier molecular flexibility index (Phi) is 5.38. The molecule has 0 bridgehead atoms. The molecule has 1 aromatic rings. The highest BCUT2D eigenvalue weighted by Crippen LogP contribution is 2.34. The Morgan fingerprint density at radius 3 is 2.39 bits per heavy atom. The third-order valence-electron chi connectivity index (χ3n) is 3.99. The summed E-state index contributed by atoms with van der Waals surface area (Å²) in [5.74, 6) is 0. The van der Waals surface area contributed by atoms with E-state index in [9.17, 15) is 18.0 Å². The molecule has 0 aliphatic heterocycles. The van der Waals surface area contributed by atoms with Gasteiger partial charge in [-0.1, -0.05) is 19.3 Å². The van der Waals surface area contributed by atoms with Crippen molar-refractivity contribution in [1.82, 2.24) is 5.32 Å². The molecule has 7 heteroatoms. The van der Waals surface area contributed by atoms with Crippen LogP contribution in [0.25, 0.3) is 0 Å². The highest BCUT2D eigenvalue weighted by Gasteiger charge is 2.31. The number of carbonyl (C=O) groups is 1. The van der Waals surface area contributed by atoms with Crippen LogP contribution in [0.1, 0.15) is 37.7 Å². The van der Waals surface area contributed by atoms with Crippen molar-refractivity contribution in [3.63, 3.8) is 0 Å². The smallest absolute Gasteiger partial charge is 0.376 e. The van der Waals surface area contributed by atoms with Crippen molar-refractivity contribution in [1.29, 1.82) is 0 Å². The summed E-state index contributed by atoms with van der Waals surface area (Å²) in [5, 5.41) is 5.40. The number of anilines is 2. The van der Waals surface area contributed by atoms with Crippen LogP contribution < -0.4 is 15.5 Å². The van der Waals surface area contributed by atoms with Crippen molar-refractivity contribution in [2.45, 2.75) is 44.3 Å². The number of hydrogen-bond donors (Lipinski definition) is 2. The van der Waals surface area contributed by atoms with Crippen molar-refractivity contribution < 1.29 is 18.0 Å². The van der Waals surface area contributed by atoms with Crippen LogP contribution in [0, 0.1) is 0 Å². The number of nitrogens with one attached hydrogen (secondary N) is 2. The van der Waals surface area contributed by atoms with Gasteiger partial charge in [-0.3, -0.25) is 0 Å². The summed E-state index contributed by atoms with van der Waals surface area (Å²) >= 11 is 0. The molecule has 4 nitrogen and oxygen atoms in total. The number of hydrogen-bond acceptors (Lipinski definition) is 2. The molecule has 0 aromatic heterocycles. The van der Waals surface area contributed by atoms with Gasteiger partial charge in [0.05, 0.1) is 16.9 Å². The quantitative estimate of drug-likeness (QED) is 0.872. The Bertz CT molecular complexity index is 552. The van der Waals surface area contributed by atoms with Gasteiger partial charge in [-0.2, -0.15) is 13.2 Å². The van der Waals surface area contributed by atoms with Gasteiger partial charge in [-0.15, -0.1) is 0 Å². The molecule has 1 saturated carbocycles. The first-order valence-electron chi connectivity index (χ1n) is 7.73. The second kappa shape index (κ2) is 7.10. The Hall–Kier alpha value is -1.92. The van der Waals surface area contributed by atoms with Crippen molar-refractivity contribution in [2.24, 2.45) is 0 Å². The minimum atomic E-state index is -4.44. The number of nitrogens with zero attached hydrogens (tertiary/aromatic N) is 1. The minimum absolute atomic E-state index is 0.0948. The van der Waals surface area contributed by atoms with Crippen molar-refractivity contribution in [2.75, 3.05) is 24.3 Å². The normalized spacial score (nSPS) is 16.0. The molecule has 0 radical (unpaired) electrons. The first-order valence-corrected chi connectivity index (χ1v) is 7.73. The third kappa shape index (κ3) is 4.77. The topological polar surface area (TPSA) is 44.4 Å². The molecule has 128 valence electrons. The third-order valence-corrected chi connectivity index (χ3v) is 3.99. The van der Waals surface area contributed by atoms with Crippen LogP contribution in [0.5, 0.6) is 0 Å². The van der Waals surface area contributed by atoms with Crippen LogP contribution in [0.4, 0.5) is 29.3 Å². The van der Waals surface area contributed by atoms with Crippen molar-refractivity contribution >= 4 is 17.4 Å². The zero-order valence-electron chi connectivity index (χ0n) is 13.3. The standard InChI is InChI=1S/C16H22F3N3O/c1-22(2)14-9-8-11(16(17,18)19)10-13(14)21-15(23)20-12-6-4-3-5-7-12/h8-10,12H,3-7H2,1-2H3,(H2,20,21,23). The van der Waals surface area contributed by atoms with Gasteiger partial charge in [0.1, 0.15) is 0 Å². The van der Waals surface area contributed by atoms with E-state index in [0.29, 0.717) is 5.69 Å². The molecule has 0 unspecified atom stereocenters. The lowest BCUT2D eigenvalue weighted by atomic mass is 9.96. The van der Waals surface area contributed by atoms with Gasteiger partial charge in [0.2, 0.25) is 0 Å². The van der Waals surface area contributed by atoms with E-state index in [4.69, 9.17) is 0 Å². The van der Waals surface area contributed by atoms with Gasteiger partial charge >= 0.3 is 12.2 Å². The summed E-state index contributed by atoms with van der Waals surface area (Å²) < 4.78 is 38.6.